The molecule has 0 fully saturated rings. The van der Waals surface area contributed by atoms with Gasteiger partial charge in [0.25, 0.3) is 5.91 Å². The summed E-state index contributed by atoms with van der Waals surface area (Å²) in [5, 5.41) is 4.55. The minimum atomic E-state index is -0.812. The van der Waals surface area contributed by atoms with E-state index in [4.69, 9.17) is 10.5 Å². The number of primary amides is 1. The summed E-state index contributed by atoms with van der Waals surface area (Å²) in [5.74, 6) is -0.221. The highest BCUT2D eigenvalue weighted by Crippen LogP contribution is 2.19. The summed E-state index contributed by atoms with van der Waals surface area (Å²) in [5.41, 5.74) is 6.88. The van der Waals surface area contributed by atoms with E-state index in [1.165, 1.54) is 0 Å². The van der Waals surface area contributed by atoms with E-state index in [1.807, 2.05) is 60.7 Å². The first-order valence-electron chi connectivity index (χ1n) is 8.29. The topological polar surface area (TPSA) is 81.4 Å². The molecule has 132 valence electrons. The van der Waals surface area contributed by atoms with Gasteiger partial charge < -0.3 is 15.8 Å². The summed E-state index contributed by atoms with van der Waals surface area (Å²) >= 11 is 0. The molecule has 0 aliphatic heterocycles. The molecular weight excluding hydrogens is 328 g/mol. The molecule has 0 aromatic heterocycles. The summed E-state index contributed by atoms with van der Waals surface area (Å²) in [7, 11) is 1.58. The number of amides is 2. The Morgan fingerprint density at radius 2 is 1.77 bits per heavy atom. The number of methoxy groups -OCH3 is 1. The second-order valence-electron chi connectivity index (χ2n) is 6.01. The molecule has 3 rings (SSSR count). The molecule has 0 saturated carbocycles. The lowest BCUT2D eigenvalue weighted by molar-refractivity contribution is -0.119. The highest BCUT2D eigenvalue weighted by atomic mass is 16.5. The molecule has 3 aromatic carbocycles. The molecule has 3 N–H and O–H groups in total. The molecule has 1 atom stereocenters. The van der Waals surface area contributed by atoms with Crippen LogP contribution in [0.4, 0.5) is 0 Å². The van der Waals surface area contributed by atoms with Gasteiger partial charge in [-0.05, 0) is 34.5 Å². The lowest BCUT2D eigenvalue weighted by atomic mass is 10.0. The molecule has 0 aliphatic carbocycles. The van der Waals surface area contributed by atoms with E-state index in [-0.39, 0.29) is 5.91 Å². The van der Waals surface area contributed by atoms with Crippen LogP contribution in [0.3, 0.4) is 0 Å². The maximum absolute atomic E-state index is 12.7. The van der Waals surface area contributed by atoms with E-state index >= 15 is 0 Å². The Bertz CT molecular complexity index is 947. The molecule has 5 nitrogen and oxygen atoms in total. The van der Waals surface area contributed by atoms with Gasteiger partial charge in [-0.2, -0.15) is 0 Å². The first kappa shape index (κ1) is 17.5. The summed E-state index contributed by atoms with van der Waals surface area (Å²) in [6.07, 6.45) is 0.295. The van der Waals surface area contributed by atoms with Crippen molar-refractivity contribution in [3.63, 3.8) is 0 Å². The zero-order chi connectivity index (χ0) is 18.5. The van der Waals surface area contributed by atoms with Crippen molar-refractivity contribution in [1.82, 2.24) is 5.32 Å². The van der Waals surface area contributed by atoms with E-state index < -0.39 is 11.9 Å². The Labute approximate surface area is 151 Å². The number of hydrogen-bond acceptors (Lipinski definition) is 3. The molecule has 2 amide bonds. The average Bonchev–Trinajstić information content (AvgIpc) is 2.67. The zero-order valence-electron chi connectivity index (χ0n) is 14.4. The molecule has 0 unspecified atom stereocenters. The summed E-state index contributed by atoms with van der Waals surface area (Å²) < 4.78 is 5.19. The van der Waals surface area contributed by atoms with Crippen LogP contribution < -0.4 is 15.8 Å². The van der Waals surface area contributed by atoms with Gasteiger partial charge >= 0.3 is 0 Å². The van der Waals surface area contributed by atoms with Crippen molar-refractivity contribution in [1.29, 1.82) is 0 Å². The highest BCUT2D eigenvalue weighted by Gasteiger charge is 2.20. The lowest BCUT2D eigenvalue weighted by Gasteiger charge is -2.17. The summed E-state index contributed by atoms with van der Waals surface area (Å²) in [6.45, 7) is 0. The van der Waals surface area contributed by atoms with Crippen LogP contribution in [0.1, 0.15) is 15.9 Å². The van der Waals surface area contributed by atoms with Crippen LogP contribution in [0.15, 0.2) is 66.7 Å². The smallest absolute Gasteiger partial charge is 0.252 e. The van der Waals surface area contributed by atoms with Crippen molar-refractivity contribution in [3.8, 4) is 5.75 Å². The molecule has 0 saturated heterocycles. The fourth-order valence-electron chi connectivity index (χ4n) is 2.92. The Morgan fingerprint density at radius 1 is 1.04 bits per heavy atom. The Morgan fingerprint density at radius 3 is 2.54 bits per heavy atom. The highest BCUT2D eigenvalue weighted by molar-refractivity contribution is 6.08. The fraction of sp³-hybridized carbons (Fsp3) is 0.143. The molecule has 0 heterocycles. The normalized spacial score (nSPS) is 11.7. The quantitative estimate of drug-likeness (QED) is 0.718. The fourth-order valence-corrected chi connectivity index (χ4v) is 2.92. The van der Waals surface area contributed by atoms with Gasteiger partial charge in [-0.15, -0.1) is 0 Å². The van der Waals surface area contributed by atoms with E-state index in [2.05, 4.69) is 5.32 Å². The number of fused-ring (bicyclic) bond motifs is 1. The SMILES string of the molecule is COc1cccc(C[C@@H](NC(=O)c2cccc3ccccc23)C(N)=O)c1. The van der Waals surface area contributed by atoms with Gasteiger partial charge in [0.2, 0.25) is 5.91 Å². The molecule has 3 aromatic rings. The largest absolute Gasteiger partial charge is 0.497 e. The molecule has 5 heteroatoms. The first-order chi connectivity index (χ1) is 12.6. The van der Waals surface area contributed by atoms with Gasteiger partial charge in [-0.3, -0.25) is 9.59 Å². The Kier molecular flexibility index (Phi) is 5.17. The third-order valence-corrected chi connectivity index (χ3v) is 4.26. The van der Waals surface area contributed by atoms with Crippen LogP contribution in [0, 0.1) is 0 Å². The lowest BCUT2D eigenvalue weighted by Crippen LogP contribution is -2.45. The zero-order valence-corrected chi connectivity index (χ0v) is 14.4. The number of nitrogens with two attached hydrogens (primary N) is 1. The van der Waals surface area contributed by atoms with Gasteiger partial charge in [-0.25, -0.2) is 0 Å². The summed E-state index contributed by atoms with van der Waals surface area (Å²) in [4.78, 5) is 24.6. The van der Waals surface area contributed by atoms with Crippen LogP contribution in [0.25, 0.3) is 10.8 Å². The van der Waals surface area contributed by atoms with Crippen molar-refractivity contribution >= 4 is 22.6 Å². The van der Waals surface area contributed by atoms with Crippen molar-refractivity contribution in [3.05, 3.63) is 77.9 Å². The predicted molar refractivity (Wildman–Crippen MR) is 101 cm³/mol. The van der Waals surface area contributed by atoms with Crippen LogP contribution in [-0.4, -0.2) is 25.0 Å². The number of hydrogen-bond donors (Lipinski definition) is 2. The molecule has 0 spiro atoms. The number of benzene rings is 3. The van der Waals surface area contributed by atoms with Crippen LogP contribution in [-0.2, 0) is 11.2 Å². The Balaban J connectivity index is 1.83. The van der Waals surface area contributed by atoms with Gasteiger partial charge in [0.1, 0.15) is 11.8 Å². The number of carbonyl (C=O) groups excluding carboxylic acids is 2. The monoisotopic (exact) mass is 348 g/mol. The maximum atomic E-state index is 12.7. The minimum absolute atomic E-state index is 0.295. The average molecular weight is 348 g/mol. The van der Waals surface area contributed by atoms with E-state index in [0.717, 1.165) is 16.3 Å². The summed E-state index contributed by atoms with van der Waals surface area (Å²) in [6, 6.07) is 19.6. The number of rotatable bonds is 6. The van der Waals surface area contributed by atoms with Crippen LogP contribution in [0.5, 0.6) is 5.75 Å². The van der Waals surface area contributed by atoms with Gasteiger partial charge in [0.15, 0.2) is 0 Å². The minimum Gasteiger partial charge on any atom is -0.497 e. The molecular formula is C21H20N2O3. The third-order valence-electron chi connectivity index (χ3n) is 4.26. The maximum Gasteiger partial charge on any atom is 0.252 e. The van der Waals surface area contributed by atoms with E-state index in [1.54, 1.807) is 13.2 Å². The van der Waals surface area contributed by atoms with Gasteiger partial charge in [0.05, 0.1) is 7.11 Å². The van der Waals surface area contributed by atoms with Crippen molar-refractivity contribution in [2.45, 2.75) is 12.5 Å². The number of ether oxygens (including phenoxy) is 1. The first-order valence-corrected chi connectivity index (χ1v) is 8.29. The second-order valence-corrected chi connectivity index (χ2v) is 6.01. The standard InChI is InChI=1S/C21H20N2O3/c1-26-16-9-4-6-14(12-16)13-19(20(22)24)23-21(25)18-11-5-8-15-7-2-3-10-17(15)18/h2-12,19H,13H2,1H3,(H2,22,24)(H,23,25)/t19-/m1/s1. The third kappa shape index (κ3) is 3.83. The Hall–Kier alpha value is -3.34. The van der Waals surface area contributed by atoms with Crippen molar-refractivity contribution in [2.75, 3.05) is 7.11 Å². The van der Waals surface area contributed by atoms with Gasteiger partial charge in [0, 0.05) is 12.0 Å². The van der Waals surface area contributed by atoms with Crippen molar-refractivity contribution in [2.24, 2.45) is 5.73 Å². The second kappa shape index (κ2) is 7.70. The molecule has 0 bridgehead atoms. The number of carbonyl (C=O) groups is 2. The van der Waals surface area contributed by atoms with E-state index in [9.17, 15) is 9.59 Å². The number of nitrogens with one attached hydrogen (secondary N) is 1. The molecule has 0 aliphatic rings. The predicted octanol–water partition coefficient (Wildman–Crippen LogP) is 2.67. The van der Waals surface area contributed by atoms with E-state index in [0.29, 0.717) is 17.7 Å². The van der Waals surface area contributed by atoms with Crippen LogP contribution in [0.2, 0.25) is 0 Å². The van der Waals surface area contributed by atoms with Crippen LogP contribution >= 0.6 is 0 Å². The molecule has 0 radical (unpaired) electrons. The van der Waals surface area contributed by atoms with Gasteiger partial charge in [-0.1, -0.05) is 48.5 Å². The van der Waals surface area contributed by atoms with Crippen molar-refractivity contribution < 1.29 is 14.3 Å². The molecule has 26 heavy (non-hydrogen) atoms.